The number of hydrogen-bond acceptors (Lipinski definition) is 4. The topological polar surface area (TPSA) is 78.9 Å². The third kappa shape index (κ3) is 6.20. The lowest BCUT2D eigenvalue weighted by Crippen LogP contribution is -2.49. The summed E-state index contributed by atoms with van der Waals surface area (Å²) in [6, 6.07) is 14.5. The van der Waals surface area contributed by atoms with Gasteiger partial charge >= 0.3 is 6.09 Å². The van der Waals surface area contributed by atoms with Crippen molar-refractivity contribution in [1.82, 2.24) is 20.5 Å². The van der Waals surface area contributed by atoms with Crippen molar-refractivity contribution in [2.24, 2.45) is 4.99 Å². The molecule has 0 aliphatic carbocycles. The van der Waals surface area contributed by atoms with Crippen LogP contribution >= 0.6 is 0 Å². The number of pyridine rings is 1. The molecule has 0 radical (unpaired) electrons. The van der Waals surface area contributed by atoms with Gasteiger partial charge < -0.3 is 20.3 Å². The highest BCUT2D eigenvalue weighted by Crippen LogP contribution is 2.18. The van der Waals surface area contributed by atoms with Crippen LogP contribution in [-0.4, -0.2) is 54.2 Å². The first kappa shape index (κ1) is 21.6. The summed E-state index contributed by atoms with van der Waals surface area (Å²) in [5.41, 5.74) is 3.18. The van der Waals surface area contributed by atoms with Gasteiger partial charge in [0.05, 0.1) is 18.8 Å². The minimum atomic E-state index is -0.218. The van der Waals surface area contributed by atoms with E-state index >= 15 is 0 Å². The summed E-state index contributed by atoms with van der Waals surface area (Å²) < 4.78 is 5.09. The highest BCUT2D eigenvalue weighted by molar-refractivity contribution is 5.80. The monoisotopic (exact) mass is 409 g/mol. The molecule has 3 rings (SSSR count). The molecule has 30 heavy (non-hydrogen) atoms. The zero-order valence-electron chi connectivity index (χ0n) is 17.8. The van der Waals surface area contributed by atoms with Crippen molar-refractivity contribution in [2.75, 3.05) is 26.2 Å². The van der Waals surface area contributed by atoms with E-state index in [9.17, 15) is 4.79 Å². The lowest BCUT2D eigenvalue weighted by atomic mass is 10.1. The lowest BCUT2D eigenvalue weighted by molar-refractivity contribution is 0.0963. The molecule has 1 aliphatic rings. The number of hydrogen-bond donors (Lipinski definition) is 2. The Morgan fingerprint density at radius 3 is 2.73 bits per heavy atom. The van der Waals surface area contributed by atoms with E-state index in [0.717, 1.165) is 42.2 Å². The van der Waals surface area contributed by atoms with Gasteiger partial charge in [0, 0.05) is 37.4 Å². The van der Waals surface area contributed by atoms with Crippen LogP contribution in [0.25, 0.3) is 11.3 Å². The van der Waals surface area contributed by atoms with Gasteiger partial charge in [-0.1, -0.05) is 24.3 Å². The third-order valence-electron chi connectivity index (χ3n) is 5.01. The fourth-order valence-corrected chi connectivity index (χ4v) is 3.47. The number of benzene rings is 1. The van der Waals surface area contributed by atoms with Gasteiger partial charge in [0.1, 0.15) is 0 Å². The van der Waals surface area contributed by atoms with Gasteiger partial charge in [-0.25, -0.2) is 9.79 Å². The van der Waals surface area contributed by atoms with Crippen LogP contribution in [0.2, 0.25) is 0 Å². The molecule has 7 nitrogen and oxygen atoms in total. The highest BCUT2D eigenvalue weighted by Gasteiger charge is 2.24. The van der Waals surface area contributed by atoms with Gasteiger partial charge in [0.2, 0.25) is 0 Å². The first-order valence-corrected chi connectivity index (χ1v) is 10.7. The average molecular weight is 410 g/mol. The Morgan fingerprint density at radius 1 is 1.20 bits per heavy atom. The Hall–Kier alpha value is -3.09. The second-order valence-corrected chi connectivity index (χ2v) is 7.22. The van der Waals surface area contributed by atoms with Crippen LogP contribution in [0.15, 0.2) is 53.7 Å². The van der Waals surface area contributed by atoms with Crippen molar-refractivity contribution >= 4 is 12.1 Å². The number of nitrogens with one attached hydrogen (secondary N) is 2. The van der Waals surface area contributed by atoms with E-state index in [4.69, 9.17) is 9.73 Å². The van der Waals surface area contributed by atoms with Crippen molar-refractivity contribution in [3.63, 3.8) is 0 Å². The van der Waals surface area contributed by atoms with Gasteiger partial charge in [0.25, 0.3) is 0 Å². The predicted octanol–water partition coefficient (Wildman–Crippen LogP) is 3.42. The minimum absolute atomic E-state index is 0.218. The summed E-state index contributed by atoms with van der Waals surface area (Å²) in [4.78, 5) is 22.8. The standard InChI is InChI=1S/C23H31N5O2/c1-3-24-22(27-20-11-14-28(15-12-20)23(29)30-4-2)26-17-18-8-7-9-19(16-18)21-10-5-6-13-25-21/h5-10,13,16,20H,3-4,11-12,14-15,17H2,1-2H3,(H2,24,26,27). The van der Waals surface area contributed by atoms with Crippen molar-refractivity contribution in [3.05, 3.63) is 54.2 Å². The number of ether oxygens (including phenoxy) is 1. The van der Waals surface area contributed by atoms with Crippen LogP contribution in [0.1, 0.15) is 32.3 Å². The largest absolute Gasteiger partial charge is 0.450 e. The molecular weight excluding hydrogens is 378 g/mol. The van der Waals surface area contributed by atoms with E-state index in [1.165, 1.54) is 0 Å². The van der Waals surface area contributed by atoms with Crippen molar-refractivity contribution in [3.8, 4) is 11.3 Å². The second-order valence-electron chi connectivity index (χ2n) is 7.22. The van der Waals surface area contributed by atoms with Crippen LogP contribution in [0.4, 0.5) is 4.79 Å². The number of piperidine rings is 1. The molecule has 1 amide bonds. The number of nitrogens with zero attached hydrogens (tertiary/aromatic N) is 3. The van der Waals surface area contributed by atoms with E-state index in [2.05, 4.69) is 40.7 Å². The number of rotatable bonds is 6. The minimum Gasteiger partial charge on any atom is -0.450 e. The Balaban J connectivity index is 1.58. The Bertz CT molecular complexity index is 832. The molecule has 0 spiro atoms. The van der Waals surface area contributed by atoms with Gasteiger partial charge in [0.15, 0.2) is 5.96 Å². The molecule has 0 saturated carbocycles. The van der Waals surface area contributed by atoms with Crippen LogP contribution in [0, 0.1) is 0 Å². The fraction of sp³-hybridized carbons (Fsp3) is 0.435. The number of aromatic nitrogens is 1. The Labute approximate surface area is 178 Å². The van der Waals surface area contributed by atoms with Crippen molar-refractivity contribution in [2.45, 2.75) is 39.3 Å². The maximum Gasteiger partial charge on any atom is 0.409 e. The summed E-state index contributed by atoms with van der Waals surface area (Å²) in [7, 11) is 0. The molecule has 2 heterocycles. The number of likely N-dealkylation sites (tertiary alicyclic amines) is 1. The summed E-state index contributed by atoms with van der Waals surface area (Å²) in [5.74, 6) is 0.801. The van der Waals surface area contributed by atoms with Crippen molar-refractivity contribution in [1.29, 1.82) is 0 Å². The number of carbonyl (C=O) groups is 1. The molecule has 1 fully saturated rings. The predicted molar refractivity (Wildman–Crippen MR) is 119 cm³/mol. The first-order valence-electron chi connectivity index (χ1n) is 10.7. The third-order valence-corrected chi connectivity index (χ3v) is 5.01. The molecule has 1 aromatic heterocycles. The second kappa shape index (κ2) is 11.2. The van der Waals surface area contributed by atoms with Crippen molar-refractivity contribution < 1.29 is 9.53 Å². The summed E-state index contributed by atoms with van der Waals surface area (Å²) >= 11 is 0. The number of aliphatic imine (C=N–C) groups is 1. The molecule has 160 valence electrons. The first-order chi connectivity index (χ1) is 14.7. The van der Waals surface area contributed by atoms with Crippen LogP contribution in [0.3, 0.4) is 0 Å². The lowest BCUT2D eigenvalue weighted by Gasteiger charge is -2.32. The number of amides is 1. The van der Waals surface area contributed by atoms with Gasteiger partial charge in [-0.3, -0.25) is 4.98 Å². The van der Waals surface area contributed by atoms with E-state index in [0.29, 0.717) is 26.2 Å². The molecule has 0 bridgehead atoms. The average Bonchev–Trinajstić information content (AvgIpc) is 2.79. The number of carbonyl (C=O) groups excluding carboxylic acids is 1. The Morgan fingerprint density at radius 2 is 2.03 bits per heavy atom. The van der Waals surface area contributed by atoms with Crippen LogP contribution in [-0.2, 0) is 11.3 Å². The smallest absolute Gasteiger partial charge is 0.409 e. The highest BCUT2D eigenvalue weighted by atomic mass is 16.6. The quantitative estimate of drug-likeness (QED) is 0.565. The molecular formula is C23H31N5O2. The Kier molecular flexibility index (Phi) is 8.06. The van der Waals surface area contributed by atoms with E-state index in [1.807, 2.05) is 31.2 Å². The van der Waals surface area contributed by atoms with Gasteiger partial charge in [-0.05, 0) is 50.5 Å². The normalized spacial score (nSPS) is 15.0. The zero-order valence-corrected chi connectivity index (χ0v) is 17.8. The molecule has 1 aliphatic heterocycles. The van der Waals surface area contributed by atoms with E-state index in [1.54, 1.807) is 11.1 Å². The molecule has 1 aromatic carbocycles. The SMILES string of the molecule is CCNC(=NCc1cccc(-c2ccccn2)c1)NC1CCN(C(=O)OCC)CC1. The van der Waals surface area contributed by atoms with E-state index in [-0.39, 0.29) is 12.1 Å². The summed E-state index contributed by atoms with van der Waals surface area (Å²) in [5, 5.41) is 6.83. The van der Waals surface area contributed by atoms with Crippen LogP contribution < -0.4 is 10.6 Å². The molecule has 2 N–H and O–H groups in total. The van der Waals surface area contributed by atoms with Crippen LogP contribution in [0.5, 0.6) is 0 Å². The molecule has 7 heteroatoms. The zero-order chi connectivity index (χ0) is 21.2. The van der Waals surface area contributed by atoms with Gasteiger partial charge in [-0.2, -0.15) is 0 Å². The maximum atomic E-state index is 11.9. The molecule has 1 saturated heterocycles. The van der Waals surface area contributed by atoms with Gasteiger partial charge in [-0.15, -0.1) is 0 Å². The summed E-state index contributed by atoms with van der Waals surface area (Å²) in [6.07, 6.45) is 3.33. The maximum absolute atomic E-state index is 11.9. The summed E-state index contributed by atoms with van der Waals surface area (Å²) in [6.45, 7) is 7.07. The fourth-order valence-electron chi connectivity index (χ4n) is 3.47. The molecule has 2 aromatic rings. The number of guanidine groups is 1. The molecule has 0 unspecified atom stereocenters. The van der Waals surface area contributed by atoms with E-state index < -0.39 is 0 Å². The molecule has 0 atom stereocenters.